The van der Waals surface area contributed by atoms with Crippen LogP contribution < -0.4 is 0 Å². The molecule has 0 spiro atoms. The van der Waals surface area contributed by atoms with Crippen molar-refractivity contribution < 1.29 is 18.3 Å². The Bertz CT molecular complexity index is 381. The number of halogens is 4. The predicted molar refractivity (Wildman–Crippen MR) is 60.1 cm³/mol. The number of aliphatic hydroxyl groups excluding tert-OH is 1. The van der Waals surface area contributed by atoms with Gasteiger partial charge in [-0.05, 0) is 18.6 Å². The Kier molecular flexibility index (Phi) is 4.15. The van der Waals surface area contributed by atoms with Crippen LogP contribution in [0.2, 0.25) is 0 Å². The zero-order chi connectivity index (χ0) is 12.3. The lowest BCUT2D eigenvalue weighted by atomic mass is 10.1. The highest BCUT2D eigenvalue weighted by molar-refractivity contribution is 9.11. The third-order valence-corrected chi connectivity index (χ3v) is 2.62. The maximum Gasteiger partial charge on any atom is 0.419 e. The molecule has 0 aromatic heterocycles. The molecule has 16 heavy (non-hydrogen) atoms. The fourth-order valence-electron chi connectivity index (χ4n) is 1.06. The SMILES string of the molecule is Cc1ccc(/C=C(\Br)C(O)C(F)(F)F)cc1. The van der Waals surface area contributed by atoms with Crippen molar-refractivity contribution in [3.8, 4) is 0 Å². The predicted octanol–water partition coefficient (Wildman–Crippen LogP) is 3.65. The molecule has 5 heteroatoms. The van der Waals surface area contributed by atoms with Crippen LogP contribution in [0.4, 0.5) is 13.2 Å². The highest BCUT2D eigenvalue weighted by Crippen LogP contribution is 2.29. The molecule has 1 atom stereocenters. The summed E-state index contributed by atoms with van der Waals surface area (Å²) in [5.74, 6) is 0. The molecule has 1 unspecified atom stereocenters. The molecule has 1 aromatic carbocycles. The summed E-state index contributed by atoms with van der Waals surface area (Å²) in [6.45, 7) is 1.88. The molecule has 0 radical (unpaired) electrons. The maximum atomic E-state index is 12.1. The summed E-state index contributed by atoms with van der Waals surface area (Å²) >= 11 is 2.73. The monoisotopic (exact) mass is 294 g/mol. The number of hydrogen-bond acceptors (Lipinski definition) is 1. The summed E-state index contributed by atoms with van der Waals surface area (Å²) in [5, 5.41) is 8.93. The first kappa shape index (κ1) is 13.3. The van der Waals surface area contributed by atoms with E-state index in [0.29, 0.717) is 5.56 Å². The van der Waals surface area contributed by atoms with Gasteiger partial charge in [0.05, 0.1) is 0 Å². The Hall–Kier alpha value is -0.810. The Morgan fingerprint density at radius 2 is 1.81 bits per heavy atom. The van der Waals surface area contributed by atoms with Crippen LogP contribution in [-0.4, -0.2) is 17.4 Å². The first-order valence-electron chi connectivity index (χ1n) is 4.49. The number of aryl methyl sites for hydroxylation is 1. The molecule has 0 aliphatic heterocycles. The quantitative estimate of drug-likeness (QED) is 0.883. The summed E-state index contributed by atoms with van der Waals surface area (Å²) in [5.41, 5.74) is 1.62. The van der Waals surface area contributed by atoms with E-state index >= 15 is 0 Å². The lowest BCUT2D eigenvalue weighted by Gasteiger charge is -2.13. The molecule has 1 N–H and O–H groups in total. The van der Waals surface area contributed by atoms with Crippen LogP contribution in [0.15, 0.2) is 28.7 Å². The van der Waals surface area contributed by atoms with E-state index in [1.54, 1.807) is 24.3 Å². The number of hydrogen-bond donors (Lipinski definition) is 1. The maximum absolute atomic E-state index is 12.1. The lowest BCUT2D eigenvalue weighted by Crippen LogP contribution is -2.28. The van der Waals surface area contributed by atoms with Crippen molar-refractivity contribution in [1.29, 1.82) is 0 Å². The number of alkyl halides is 3. The van der Waals surface area contributed by atoms with Crippen LogP contribution in [0.3, 0.4) is 0 Å². The average molecular weight is 295 g/mol. The van der Waals surface area contributed by atoms with Crippen molar-refractivity contribution in [2.75, 3.05) is 0 Å². The van der Waals surface area contributed by atoms with Crippen molar-refractivity contribution in [2.45, 2.75) is 19.2 Å². The van der Waals surface area contributed by atoms with Gasteiger partial charge in [0, 0.05) is 4.48 Å². The minimum Gasteiger partial charge on any atom is -0.379 e. The van der Waals surface area contributed by atoms with E-state index in [2.05, 4.69) is 15.9 Å². The molecule has 0 fully saturated rings. The van der Waals surface area contributed by atoms with Gasteiger partial charge in [-0.1, -0.05) is 45.8 Å². The lowest BCUT2D eigenvalue weighted by molar-refractivity contribution is -0.188. The fourth-order valence-corrected chi connectivity index (χ4v) is 1.58. The van der Waals surface area contributed by atoms with Crippen molar-refractivity contribution in [2.24, 2.45) is 0 Å². The van der Waals surface area contributed by atoms with E-state index in [1.807, 2.05) is 6.92 Å². The standard InChI is InChI=1S/C11H10BrF3O/c1-7-2-4-8(5-3-7)6-9(12)10(16)11(13,14)15/h2-6,10,16H,1H3/b9-6-. The van der Waals surface area contributed by atoms with Crippen molar-refractivity contribution in [1.82, 2.24) is 0 Å². The zero-order valence-electron chi connectivity index (χ0n) is 8.42. The van der Waals surface area contributed by atoms with E-state index in [4.69, 9.17) is 5.11 Å². The van der Waals surface area contributed by atoms with Crippen molar-refractivity contribution in [3.05, 3.63) is 39.9 Å². The Morgan fingerprint density at radius 1 is 1.31 bits per heavy atom. The van der Waals surface area contributed by atoms with E-state index in [0.717, 1.165) is 5.56 Å². The van der Waals surface area contributed by atoms with Gasteiger partial charge >= 0.3 is 6.18 Å². The van der Waals surface area contributed by atoms with Gasteiger partial charge in [0.15, 0.2) is 6.10 Å². The molecule has 1 aromatic rings. The first-order chi connectivity index (χ1) is 7.30. The molecular weight excluding hydrogens is 285 g/mol. The minimum atomic E-state index is -4.65. The minimum absolute atomic E-state index is 0.302. The molecule has 0 bridgehead atoms. The summed E-state index contributed by atoms with van der Waals surface area (Å²) < 4.78 is 36.1. The second kappa shape index (κ2) is 5.01. The Morgan fingerprint density at radius 3 is 2.25 bits per heavy atom. The fraction of sp³-hybridized carbons (Fsp3) is 0.273. The summed E-state index contributed by atoms with van der Waals surface area (Å²) in [6, 6.07) is 6.93. The smallest absolute Gasteiger partial charge is 0.379 e. The van der Waals surface area contributed by atoms with Crippen molar-refractivity contribution >= 4 is 22.0 Å². The highest BCUT2D eigenvalue weighted by atomic mass is 79.9. The van der Waals surface area contributed by atoms with E-state index in [-0.39, 0.29) is 4.48 Å². The topological polar surface area (TPSA) is 20.2 Å². The number of benzene rings is 1. The van der Waals surface area contributed by atoms with Crippen LogP contribution in [0, 0.1) is 6.92 Å². The third-order valence-electron chi connectivity index (χ3n) is 1.95. The number of aliphatic hydroxyl groups is 1. The largest absolute Gasteiger partial charge is 0.419 e. The summed E-state index contributed by atoms with van der Waals surface area (Å²) in [4.78, 5) is 0. The number of rotatable bonds is 2. The van der Waals surface area contributed by atoms with Gasteiger partial charge in [0.1, 0.15) is 0 Å². The Balaban J connectivity index is 2.88. The average Bonchev–Trinajstić information content (AvgIpc) is 2.19. The van der Waals surface area contributed by atoms with Gasteiger partial charge in [-0.2, -0.15) is 13.2 Å². The molecule has 0 saturated carbocycles. The molecule has 0 saturated heterocycles. The van der Waals surface area contributed by atoms with Gasteiger partial charge in [0.25, 0.3) is 0 Å². The zero-order valence-corrected chi connectivity index (χ0v) is 10.0. The Labute approximate surface area is 99.7 Å². The van der Waals surface area contributed by atoms with Gasteiger partial charge in [-0.25, -0.2) is 0 Å². The van der Waals surface area contributed by atoms with E-state index < -0.39 is 12.3 Å². The molecule has 1 nitrogen and oxygen atoms in total. The normalized spacial score (nSPS) is 15.0. The van der Waals surface area contributed by atoms with E-state index in [1.165, 1.54) is 6.08 Å². The van der Waals surface area contributed by atoms with Crippen LogP contribution >= 0.6 is 15.9 Å². The second-order valence-electron chi connectivity index (χ2n) is 3.38. The van der Waals surface area contributed by atoms with Gasteiger partial charge in [-0.15, -0.1) is 0 Å². The molecule has 0 heterocycles. The molecule has 0 amide bonds. The van der Waals surface area contributed by atoms with Crippen LogP contribution in [0.25, 0.3) is 6.08 Å². The first-order valence-corrected chi connectivity index (χ1v) is 5.28. The molecule has 1 rings (SSSR count). The third kappa shape index (κ3) is 3.64. The van der Waals surface area contributed by atoms with E-state index in [9.17, 15) is 13.2 Å². The van der Waals surface area contributed by atoms with Gasteiger partial charge in [-0.3, -0.25) is 0 Å². The molecular formula is C11H10BrF3O. The second-order valence-corrected chi connectivity index (χ2v) is 4.30. The highest BCUT2D eigenvalue weighted by Gasteiger charge is 2.39. The summed E-state index contributed by atoms with van der Waals surface area (Å²) in [6.07, 6.45) is -5.88. The molecule has 0 aliphatic carbocycles. The van der Waals surface area contributed by atoms with Gasteiger partial charge in [0.2, 0.25) is 0 Å². The van der Waals surface area contributed by atoms with Crippen LogP contribution in [0.1, 0.15) is 11.1 Å². The van der Waals surface area contributed by atoms with Crippen LogP contribution in [-0.2, 0) is 0 Å². The van der Waals surface area contributed by atoms with Gasteiger partial charge < -0.3 is 5.11 Å². The van der Waals surface area contributed by atoms with Crippen LogP contribution in [0.5, 0.6) is 0 Å². The molecule has 88 valence electrons. The molecule has 0 aliphatic rings. The van der Waals surface area contributed by atoms with Crippen molar-refractivity contribution in [3.63, 3.8) is 0 Å². The summed E-state index contributed by atoms with van der Waals surface area (Å²) in [7, 11) is 0.